The van der Waals surface area contributed by atoms with Gasteiger partial charge in [0.1, 0.15) is 0 Å². The van der Waals surface area contributed by atoms with Gasteiger partial charge in [0.25, 0.3) is 0 Å². The molecule has 1 aromatic carbocycles. The summed E-state index contributed by atoms with van der Waals surface area (Å²) in [6.45, 7) is 0.864. The third-order valence-corrected chi connectivity index (χ3v) is 3.92. The molecule has 0 radical (unpaired) electrons. The Morgan fingerprint density at radius 2 is 1.89 bits per heavy atom. The van der Waals surface area contributed by atoms with Gasteiger partial charge in [0.15, 0.2) is 5.78 Å². The van der Waals surface area contributed by atoms with E-state index >= 15 is 0 Å². The van der Waals surface area contributed by atoms with Crippen LogP contribution in [0.15, 0.2) is 42.5 Å². The molecule has 0 heterocycles. The van der Waals surface area contributed by atoms with Crippen molar-refractivity contribution in [2.45, 2.75) is 38.1 Å². The zero-order chi connectivity index (χ0) is 13.5. The average molecular weight is 257 g/mol. The number of ketones is 1. The summed E-state index contributed by atoms with van der Waals surface area (Å²) in [5.41, 5.74) is 0.763. The number of nitrogens with zero attached hydrogens (tertiary/aromatic N) is 1. The first-order valence-electron chi connectivity index (χ1n) is 7.23. The molecule has 0 unspecified atom stereocenters. The lowest BCUT2D eigenvalue weighted by molar-refractivity contribution is 0.104. The van der Waals surface area contributed by atoms with E-state index in [-0.39, 0.29) is 5.78 Å². The Labute approximate surface area is 116 Å². The van der Waals surface area contributed by atoms with E-state index in [0.717, 1.165) is 12.1 Å². The highest BCUT2D eigenvalue weighted by molar-refractivity contribution is 6.04. The van der Waals surface area contributed by atoms with Crippen LogP contribution in [-0.4, -0.2) is 30.3 Å². The predicted molar refractivity (Wildman–Crippen MR) is 79.4 cm³/mol. The van der Waals surface area contributed by atoms with Crippen LogP contribution in [-0.2, 0) is 0 Å². The smallest absolute Gasteiger partial charge is 0.185 e. The molecular formula is C17H23NO. The van der Waals surface area contributed by atoms with Gasteiger partial charge in [-0.25, -0.2) is 0 Å². The van der Waals surface area contributed by atoms with Crippen molar-refractivity contribution in [1.82, 2.24) is 4.90 Å². The molecule has 102 valence electrons. The van der Waals surface area contributed by atoms with E-state index in [4.69, 9.17) is 0 Å². The summed E-state index contributed by atoms with van der Waals surface area (Å²) in [7, 11) is 2.16. The zero-order valence-corrected chi connectivity index (χ0v) is 11.7. The Bertz CT molecular complexity index is 418. The summed E-state index contributed by atoms with van der Waals surface area (Å²) in [5.74, 6) is 0.0950. The van der Waals surface area contributed by atoms with Gasteiger partial charge in [-0.1, -0.05) is 55.7 Å². The van der Waals surface area contributed by atoms with Crippen molar-refractivity contribution >= 4 is 5.78 Å². The molecule has 0 aliphatic heterocycles. The molecule has 2 rings (SSSR count). The van der Waals surface area contributed by atoms with Gasteiger partial charge in [-0.15, -0.1) is 0 Å². The van der Waals surface area contributed by atoms with E-state index in [0.29, 0.717) is 6.04 Å². The number of hydrogen-bond acceptors (Lipinski definition) is 2. The van der Waals surface area contributed by atoms with Crippen LogP contribution in [0.4, 0.5) is 0 Å². The molecule has 1 aliphatic carbocycles. The molecule has 2 nitrogen and oxygen atoms in total. The van der Waals surface area contributed by atoms with Crippen molar-refractivity contribution in [2.24, 2.45) is 0 Å². The number of rotatable bonds is 5. The van der Waals surface area contributed by atoms with Crippen LogP contribution in [0.1, 0.15) is 42.5 Å². The quantitative estimate of drug-likeness (QED) is 0.592. The minimum absolute atomic E-state index is 0.0950. The molecule has 0 amide bonds. The number of allylic oxidation sites excluding steroid dienone is 1. The Balaban J connectivity index is 1.81. The maximum atomic E-state index is 11.9. The fraction of sp³-hybridized carbons (Fsp3) is 0.471. The fourth-order valence-corrected chi connectivity index (χ4v) is 2.70. The summed E-state index contributed by atoms with van der Waals surface area (Å²) in [4.78, 5) is 14.3. The van der Waals surface area contributed by atoms with Crippen molar-refractivity contribution in [2.75, 3.05) is 13.6 Å². The molecule has 1 aliphatic rings. The van der Waals surface area contributed by atoms with Gasteiger partial charge in [0, 0.05) is 18.2 Å². The predicted octanol–water partition coefficient (Wildman–Crippen LogP) is 3.69. The molecule has 0 atom stereocenters. The van der Waals surface area contributed by atoms with Crippen LogP contribution < -0.4 is 0 Å². The lowest BCUT2D eigenvalue weighted by atomic mass is 9.94. The third-order valence-electron chi connectivity index (χ3n) is 3.92. The van der Waals surface area contributed by atoms with E-state index in [9.17, 15) is 4.79 Å². The topological polar surface area (TPSA) is 20.3 Å². The number of likely N-dealkylation sites (N-methyl/N-ethyl adjacent to an activating group) is 1. The molecule has 0 saturated heterocycles. The molecule has 0 spiro atoms. The molecule has 2 heteroatoms. The fourth-order valence-electron chi connectivity index (χ4n) is 2.70. The van der Waals surface area contributed by atoms with Crippen molar-refractivity contribution in [3.05, 3.63) is 48.0 Å². The van der Waals surface area contributed by atoms with E-state index in [1.165, 1.54) is 32.1 Å². The van der Waals surface area contributed by atoms with Gasteiger partial charge in [-0.05, 0) is 26.0 Å². The summed E-state index contributed by atoms with van der Waals surface area (Å²) in [6, 6.07) is 10.1. The minimum Gasteiger partial charge on any atom is -0.300 e. The Hall–Kier alpha value is -1.41. The SMILES string of the molecule is CN(C/C=C/C(=O)c1ccccc1)C1CCCCC1. The molecule has 1 fully saturated rings. The molecule has 19 heavy (non-hydrogen) atoms. The van der Waals surface area contributed by atoms with Crippen LogP contribution >= 0.6 is 0 Å². The second-order valence-corrected chi connectivity index (χ2v) is 5.36. The average Bonchev–Trinajstić information content (AvgIpc) is 2.49. The Morgan fingerprint density at radius 3 is 2.58 bits per heavy atom. The van der Waals surface area contributed by atoms with Gasteiger partial charge >= 0.3 is 0 Å². The molecule has 0 bridgehead atoms. The molecule has 0 N–H and O–H groups in total. The maximum absolute atomic E-state index is 11.9. The van der Waals surface area contributed by atoms with Gasteiger partial charge < -0.3 is 0 Å². The van der Waals surface area contributed by atoms with Crippen LogP contribution in [0.5, 0.6) is 0 Å². The van der Waals surface area contributed by atoms with Crippen molar-refractivity contribution in [1.29, 1.82) is 0 Å². The minimum atomic E-state index is 0.0950. The first-order valence-corrected chi connectivity index (χ1v) is 7.23. The lowest BCUT2D eigenvalue weighted by Crippen LogP contribution is -2.33. The number of benzene rings is 1. The zero-order valence-electron chi connectivity index (χ0n) is 11.7. The second-order valence-electron chi connectivity index (χ2n) is 5.36. The van der Waals surface area contributed by atoms with E-state index in [2.05, 4.69) is 11.9 Å². The van der Waals surface area contributed by atoms with Crippen LogP contribution in [0.3, 0.4) is 0 Å². The highest BCUT2D eigenvalue weighted by Crippen LogP contribution is 2.21. The van der Waals surface area contributed by atoms with Crippen molar-refractivity contribution in [3.8, 4) is 0 Å². The summed E-state index contributed by atoms with van der Waals surface area (Å²) in [6.07, 6.45) is 10.4. The van der Waals surface area contributed by atoms with Crippen LogP contribution in [0.25, 0.3) is 0 Å². The summed E-state index contributed by atoms with van der Waals surface area (Å²) in [5, 5.41) is 0. The molecule has 1 saturated carbocycles. The summed E-state index contributed by atoms with van der Waals surface area (Å²) >= 11 is 0. The van der Waals surface area contributed by atoms with Crippen molar-refractivity contribution in [3.63, 3.8) is 0 Å². The second kappa shape index (κ2) is 7.25. The Morgan fingerprint density at radius 1 is 1.21 bits per heavy atom. The van der Waals surface area contributed by atoms with Gasteiger partial charge in [-0.2, -0.15) is 0 Å². The van der Waals surface area contributed by atoms with Crippen LogP contribution in [0, 0.1) is 0 Å². The van der Waals surface area contributed by atoms with E-state index in [1.54, 1.807) is 6.08 Å². The molecule has 0 aromatic heterocycles. The Kier molecular flexibility index (Phi) is 5.34. The van der Waals surface area contributed by atoms with Crippen molar-refractivity contribution < 1.29 is 4.79 Å². The first-order chi connectivity index (χ1) is 9.27. The van der Waals surface area contributed by atoms with Gasteiger partial charge in [0.2, 0.25) is 0 Å². The molecular weight excluding hydrogens is 234 g/mol. The van der Waals surface area contributed by atoms with E-state index in [1.807, 2.05) is 36.4 Å². The highest BCUT2D eigenvalue weighted by atomic mass is 16.1. The van der Waals surface area contributed by atoms with E-state index < -0.39 is 0 Å². The normalized spacial score (nSPS) is 17.2. The maximum Gasteiger partial charge on any atom is 0.185 e. The summed E-state index contributed by atoms with van der Waals surface area (Å²) < 4.78 is 0. The first kappa shape index (κ1) is 14.0. The number of hydrogen-bond donors (Lipinski definition) is 0. The van der Waals surface area contributed by atoms with Gasteiger partial charge in [0.05, 0.1) is 0 Å². The lowest BCUT2D eigenvalue weighted by Gasteiger charge is -2.30. The highest BCUT2D eigenvalue weighted by Gasteiger charge is 2.16. The monoisotopic (exact) mass is 257 g/mol. The number of carbonyl (C=O) groups is 1. The third kappa shape index (κ3) is 4.32. The molecule has 1 aromatic rings. The standard InChI is InChI=1S/C17H23NO/c1-18(16-11-6-3-7-12-16)14-8-13-17(19)15-9-4-2-5-10-15/h2,4-5,8-10,13,16H,3,6-7,11-12,14H2,1H3/b13-8+. The van der Waals surface area contributed by atoms with Crippen LogP contribution in [0.2, 0.25) is 0 Å². The number of carbonyl (C=O) groups excluding carboxylic acids is 1. The van der Waals surface area contributed by atoms with Gasteiger partial charge in [-0.3, -0.25) is 9.69 Å². The largest absolute Gasteiger partial charge is 0.300 e.